The second-order valence-electron chi connectivity index (χ2n) is 7.84. The Morgan fingerprint density at radius 3 is 2.60 bits per heavy atom. The van der Waals surface area contributed by atoms with E-state index >= 15 is 0 Å². The fraction of sp³-hybridized carbons (Fsp3) is 0.364. The van der Waals surface area contributed by atoms with E-state index in [0.717, 1.165) is 16.2 Å². The quantitative estimate of drug-likeness (QED) is 0.702. The first-order valence-corrected chi connectivity index (χ1v) is 9.85. The third-order valence-electron chi connectivity index (χ3n) is 5.33. The highest BCUT2D eigenvalue weighted by Gasteiger charge is 2.43. The van der Waals surface area contributed by atoms with Crippen molar-refractivity contribution in [2.24, 2.45) is 4.99 Å². The average molecular weight is 408 g/mol. The van der Waals surface area contributed by atoms with Crippen LogP contribution in [0.4, 0.5) is 16.2 Å². The normalized spacial score (nSPS) is 20.0. The van der Waals surface area contributed by atoms with E-state index in [-0.39, 0.29) is 11.9 Å². The second kappa shape index (κ2) is 7.12. The Morgan fingerprint density at radius 2 is 1.97 bits per heavy atom. The van der Waals surface area contributed by atoms with Crippen LogP contribution in [0.1, 0.15) is 39.7 Å². The van der Waals surface area contributed by atoms with Gasteiger partial charge in [0.05, 0.1) is 23.1 Å². The van der Waals surface area contributed by atoms with Gasteiger partial charge in [0.25, 0.3) is 5.91 Å². The largest absolute Gasteiger partial charge is 0.470 e. The van der Waals surface area contributed by atoms with Crippen LogP contribution in [0.25, 0.3) is 0 Å². The third kappa shape index (κ3) is 3.18. The number of rotatable bonds is 4. The molecule has 2 aliphatic heterocycles. The van der Waals surface area contributed by atoms with Crippen LogP contribution in [0, 0.1) is 0 Å². The zero-order valence-corrected chi connectivity index (χ0v) is 17.7. The van der Waals surface area contributed by atoms with E-state index in [1.54, 1.807) is 19.2 Å². The first-order chi connectivity index (χ1) is 14.2. The lowest BCUT2D eigenvalue weighted by atomic mass is 9.94. The third-order valence-corrected chi connectivity index (χ3v) is 5.33. The first kappa shape index (κ1) is 19.9. The van der Waals surface area contributed by atoms with Gasteiger partial charge in [0.2, 0.25) is 5.88 Å². The number of hydrogen-bond donors (Lipinski definition) is 0. The molecule has 0 bridgehead atoms. The summed E-state index contributed by atoms with van der Waals surface area (Å²) in [6.07, 6.45) is 2.03. The lowest BCUT2D eigenvalue weighted by Gasteiger charge is -2.32. The minimum Gasteiger partial charge on any atom is -0.470 e. The molecular weight excluding hydrogens is 384 g/mol. The van der Waals surface area contributed by atoms with Gasteiger partial charge < -0.3 is 14.4 Å². The average Bonchev–Trinajstić information content (AvgIpc) is 2.90. The number of carbonyl (C=O) groups is 2. The van der Waals surface area contributed by atoms with Gasteiger partial charge in [-0.2, -0.15) is 0 Å². The Bertz CT molecular complexity index is 1050. The molecule has 0 N–H and O–H groups in total. The molecule has 1 saturated heterocycles. The van der Waals surface area contributed by atoms with E-state index in [9.17, 15) is 9.59 Å². The molecule has 1 aromatic heterocycles. The van der Waals surface area contributed by atoms with Crippen LogP contribution in [0.3, 0.4) is 0 Å². The highest BCUT2D eigenvalue weighted by atomic mass is 16.5. The van der Waals surface area contributed by atoms with Crippen LogP contribution in [0.15, 0.2) is 41.5 Å². The zero-order chi connectivity index (χ0) is 21.6. The molecule has 2 aromatic rings. The monoisotopic (exact) mass is 408 g/mol. The summed E-state index contributed by atoms with van der Waals surface area (Å²) in [5, 5.41) is 0. The smallest absolute Gasteiger partial charge is 0.331 e. The van der Waals surface area contributed by atoms with Gasteiger partial charge >= 0.3 is 6.03 Å². The molecule has 8 heteroatoms. The van der Waals surface area contributed by atoms with Gasteiger partial charge in [-0.25, -0.2) is 19.7 Å². The molecule has 1 aromatic carbocycles. The maximum atomic E-state index is 12.6. The van der Waals surface area contributed by atoms with Crippen molar-refractivity contribution in [2.45, 2.75) is 45.8 Å². The summed E-state index contributed by atoms with van der Waals surface area (Å²) >= 11 is 0. The van der Waals surface area contributed by atoms with Crippen LogP contribution < -0.4 is 9.64 Å². The molecule has 8 nitrogen and oxygen atoms in total. The SMILES string of the molecule is CC[C@@H]1C(=O)N(c2ccc(Oc3cccc4c3C(C)(C)OC(C)=N4)nc2)C(=O)N1C. The number of aromatic nitrogens is 1. The summed E-state index contributed by atoms with van der Waals surface area (Å²) in [7, 11) is 1.63. The van der Waals surface area contributed by atoms with Crippen molar-refractivity contribution < 1.29 is 19.1 Å². The molecular formula is C22H24N4O4. The number of anilines is 1. The van der Waals surface area contributed by atoms with E-state index in [1.165, 1.54) is 11.1 Å². The summed E-state index contributed by atoms with van der Waals surface area (Å²) in [5.41, 5.74) is 1.43. The van der Waals surface area contributed by atoms with Crippen molar-refractivity contribution in [2.75, 3.05) is 11.9 Å². The van der Waals surface area contributed by atoms with Crippen LogP contribution in [-0.4, -0.2) is 40.8 Å². The number of benzene rings is 1. The van der Waals surface area contributed by atoms with Crippen molar-refractivity contribution in [3.8, 4) is 11.6 Å². The van der Waals surface area contributed by atoms with Gasteiger partial charge in [-0.05, 0) is 38.5 Å². The van der Waals surface area contributed by atoms with Gasteiger partial charge in [-0.1, -0.05) is 13.0 Å². The molecule has 4 rings (SSSR count). The molecule has 156 valence electrons. The summed E-state index contributed by atoms with van der Waals surface area (Å²) < 4.78 is 11.9. The Morgan fingerprint density at radius 1 is 1.20 bits per heavy atom. The molecule has 1 atom stereocenters. The molecule has 1 fully saturated rings. The zero-order valence-electron chi connectivity index (χ0n) is 17.7. The van der Waals surface area contributed by atoms with Gasteiger partial charge in [0.1, 0.15) is 17.4 Å². The Hall–Kier alpha value is -3.42. The maximum Gasteiger partial charge on any atom is 0.331 e. The number of imide groups is 1. The number of aliphatic imine (C=N–C) groups is 1. The van der Waals surface area contributed by atoms with Gasteiger partial charge in [-0.15, -0.1) is 0 Å². The van der Waals surface area contributed by atoms with Gasteiger partial charge in [0.15, 0.2) is 5.90 Å². The number of hydrogen-bond acceptors (Lipinski definition) is 6. The van der Waals surface area contributed by atoms with Crippen molar-refractivity contribution in [3.63, 3.8) is 0 Å². The summed E-state index contributed by atoms with van der Waals surface area (Å²) in [5.74, 6) is 1.29. The first-order valence-electron chi connectivity index (χ1n) is 9.85. The highest BCUT2D eigenvalue weighted by molar-refractivity contribution is 6.21. The second-order valence-corrected chi connectivity index (χ2v) is 7.84. The van der Waals surface area contributed by atoms with Crippen LogP contribution in [-0.2, 0) is 15.1 Å². The van der Waals surface area contributed by atoms with Gasteiger partial charge in [-0.3, -0.25) is 4.79 Å². The Kier molecular flexibility index (Phi) is 4.72. The fourth-order valence-electron chi connectivity index (χ4n) is 3.98. The lowest BCUT2D eigenvalue weighted by Crippen LogP contribution is -2.31. The number of carbonyl (C=O) groups excluding carboxylic acids is 2. The number of fused-ring (bicyclic) bond motifs is 1. The standard InChI is InChI=1S/C22H24N4O4/c1-6-16-20(27)26(21(28)25(16)5)14-10-11-18(23-12-14)29-17-9-7-8-15-19(17)22(3,4)30-13(2)24-15/h7-12,16H,6H2,1-5H3/t16-/m1/s1. The van der Waals surface area contributed by atoms with Crippen LogP contribution in [0.2, 0.25) is 0 Å². The summed E-state index contributed by atoms with van der Waals surface area (Å²) in [6, 6.07) is 8.11. The molecule has 0 spiro atoms. The van der Waals surface area contributed by atoms with Crippen LogP contribution in [0.5, 0.6) is 11.6 Å². The van der Waals surface area contributed by atoms with Gasteiger partial charge in [0, 0.05) is 20.0 Å². The minimum atomic E-state index is -0.605. The molecule has 3 heterocycles. The predicted octanol–water partition coefficient (Wildman–Crippen LogP) is 4.37. The van der Waals surface area contributed by atoms with E-state index in [2.05, 4.69) is 9.98 Å². The Labute approximate surface area is 175 Å². The maximum absolute atomic E-state index is 12.6. The molecule has 0 aliphatic carbocycles. The number of nitrogens with zero attached hydrogens (tertiary/aromatic N) is 4. The molecule has 3 amide bonds. The van der Waals surface area contributed by atoms with E-state index in [1.807, 2.05) is 45.9 Å². The molecule has 0 unspecified atom stereocenters. The summed E-state index contributed by atoms with van der Waals surface area (Å²) in [6.45, 7) is 7.61. The minimum absolute atomic E-state index is 0.246. The van der Waals surface area contributed by atoms with Crippen molar-refractivity contribution in [1.82, 2.24) is 9.88 Å². The number of amides is 3. The molecule has 0 radical (unpaired) electrons. The predicted molar refractivity (Wildman–Crippen MR) is 112 cm³/mol. The van der Waals surface area contributed by atoms with Crippen molar-refractivity contribution >= 4 is 29.2 Å². The van der Waals surface area contributed by atoms with Crippen molar-refractivity contribution in [1.29, 1.82) is 0 Å². The summed E-state index contributed by atoms with van der Waals surface area (Å²) in [4.78, 5) is 36.4. The molecule has 0 saturated carbocycles. The number of ether oxygens (including phenoxy) is 2. The topological polar surface area (TPSA) is 84.3 Å². The Balaban J connectivity index is 1.61. The lowest BCUT2D eigenvalue weighted by molar-refractivity contribution is -0.119. The van der Waals surface area contributed by atoms with E-state index < -0.39 is 11.6 Å². The number of likely N-dealkylation sites (N-methyl/N-ethyl adjacent to an activating group) is 1. The molecule has 30 heavy (non-hydrogen) atoms. The van der Waals surface area contributed by atoms with E-state index in [4.69, 9.17) is 9.47 Å². The number of pyridine rings is 1. The highest BCUT2D eigenvalue weighted by Crippen LogP contribution is 2.44. The van der Waals surface area contributed by atoms with E-state index in [0.29, 0.717) is 29.6 Å². The molecule has 2 aliphatic rings. The number of urea groups is 1. The fourth-order valence-corrected chi connectivity index (χ4v) is 3.98. The van der Waals surface area contributed by atoms with Crippen LogP contribution >= 0.6 is 0 Å². The van der Waals surface area contributed by atoms with Crippen molar-refractivity contribution in [3.05, 3.63) is 42.1 Å².